The van der Waals surface area contributed by atoms with E-state index < -0.39 is 0 Å². The van der Waals surface area contributed by atoms with Crippen LogP contribution in [0.4, 0.5) is 5.69 Å². The van der Waals surface area contributed by atoms with Gasteiger partial charge in [-0.2, -0.15) is 0 Å². The predicted molar refractivity (Wildman–Crippen MR) is 116 cm³/mol. The van der Waals surface area contributed by atoms with Crippen LogP contribution in [0.5, 0.6) is 0 Å². The molecule has 146 valence electrons. The standard InChI is InChI=1S/C24H23N3O2/c1-16-5-3-4-6-19(16)17-7-8-20-18(13-17)9-12-26-23(20)15-27-22-14-25-11-10-21(22)24(28)29-2/h3-8,10-11,13-14,27H,9,12,15H2,1-2H3. The van der Waals surface area contributed by atoms with Crippen LogP contribution in [0.1, 0.15) is 27.0 Å². The number of esters is 1. The topological polar surface area (TPSA) is 63.6 Å². The Morgan fingerprint density at radius 1 is 1.14 bits per heavy atom. The van der Waals surface area contributed by atoms with E-state index in [0.29, 0.717) is 17.8 Å². The second-order valence-corrected chi connectivity index (χ2v) is 7.03. The van der Waals surface area contributed by atoms with Crippen molar-refractivity contribution < 1.29 is 9.53 Å². The summed E-state index contributed by atoms with van der Waals surface area (Å²) < 4.78 is 4.85. The van der Waals surface area contributed by atoms with Crippen LogP contribution in [-0.2, 0) is 11.2 Å². The first-order valence-electron chi connectivity index (χ1n) is 9.66. The molecular weight excluding hydrogens is 362 g/mol. The van der Waals surface area contributed by atoms with Gasteiger partial charge in [-0.3, -0.25) is 9.98 Å². The van der Waals surface area contributed by atoms with Crippen molar-refractivity contribution in [3.8, 4) is 11.1 Å². The second kappa shape index (κ2) is 8.27. The van der Waals surface area contributed by atoms with E-state index in [0.717, 1.165) is 24.2 Å². The fraction of sp³-hybridized carbons (Fsp3) is 0.208. The number of methoxy groups -OCH3 is 1. The maximum Gasteiger partial charge on any atom is 0.340 e. The molecule has 0 unspecified atom stereocenters. The number of hydrogen-bond acceptors (Lipinski definition) is 5. The van der Waals surface area contributed by atoms with E-state index in [1.165, 1.54) is 29.4 Å². The van der Waals surface area contributed by atoms with Crippen LogP contribution in [0, 0.1) is 6.92 Å². The maximum absolute atomic E-state index is 12.0. The van der Waals surface area contributed by atoms with Crippen molar-refractivity contribution >= 4 is 17.4 Å². The molecule has 0 bridgehead atoms. The van der Waals surface area contributed by atoms with Crippen molar-refractivity contribution in [2.24, 2.45) is 4.99 Å². The molecule has 1 aliphatic rings. The molecule has 5 nitrogen and oxygen atoms in total. The molecule has 2 heterocycles. The molecule has 2 aromatic carbocycles. The Kier molecular flexibility index (Phi) is 5.38. The number of aromatic nitrogens is 1. The monoisotopic (exact) mass is 385 g/mol. The van der Waals surface area contributed by atoms with Gasteiger partial charge in [-0.15, -0.1) is 0 Å². The number of aryl methyl sites for hydroxylation is 1. The number of ether oxygens (including phenoxy) is 1. The maximum atomic E-state index is 12.0. The summed E-state index contributed by atoms with van der Waals surface area (Å²) in [6.45, 7) is 3.42. The quantitative estimate of drug-likeness (QED) is 0.665. The minimum Gasteiger partial charge on any atom is -0.465 e. The third-order valence-electron chi connectivity index (χ3n) is 5.23. The van der Waals surface area contributed by atoms with Crippen LogP contribution in [-0.4, -0.2) is 36.9 Å². The zero-order valence-electron chi connectivity index (χ0n) is 16.6. The highest BCUT2D eigenvalue weighted by molar-refractivity contribution is 6.06. The van der Waals surface area contributed by atoms with E-state index in [4.69, 9.17) is 9.73 Å². The Morgan fingerprint density at radius 2 is 2.00 bits per heavy atom. The van der Waals surface area contributed by atoms with Crippen molar-refractivity contribution in [2.45, 2.75) is 13.3 Å². The van der Waals surface area contributed by atoms with Gasteiger partial charge >= 0.3 is 5.97 Å². The van der Waals surface area contributed by atoms with Gasteiger partial charge in [-0.05, 0) is 41.7 Å². The first-order chi connectivity index (χ1) is 14.2. The highest BCUT2D eigenvalue weighted by Crippen LogP contribution is 2.27. The Morgan fingerprint density at radius 3 is 2.83 bits per heavy atom. The summed E-state index contributed by atoms with van der Waals surface area (Å²) in [5.41, 5.74) is 8.32. The number of hydrogen-bond donors (Lipinski definition) is 1. The van der Waals surface area contributed by atoms with Crippen LogP contribution >= 0.6 is 0 Å². The summed E-state index contributed by atoms with van der Waals surface area (Å²) in [6.07, 6.45) is 4.15. The number of carbonyl (C=O) groups excluding carboxylic acids is 1. The Balaban J connectivity index is 1.57. The van der Waals surface area contributed by atoms with Gasteiger partial charge in [0.05, 0.1) is 36.8 Å². The van der Waals surface area contributed by atoms with E-state index in [9.17, 15) is 4.79 Å². The molecule has 0 saturated heterocycles. The van der Waals surface area contributed by atoms with Gasteiger partial charge in [0.25, 0.3) is 0 Å². The fourth-order valence-corrected chi connectivity index (χ4v) is 3.70. The molecule has 0 radical (unpaired) electrons. The van der Waals surface area contributed by atoms with Gasteiger partial charge in [0.15, 0.2) is 0 Å². The van der Waals surface area contributed by atoms with Crippen molar-refractivity contribution in [3.05, 3.63) is 83.2 Å². The smallest absolute Gasteiger partial charge is 0.340 e. The van der Waals surface area contributed by atoms with Gasteiger partial charge in [0, 0.05) is 18.3 Å². The molecule has 3 aromatic rings. The minimum atomic E-state index is -0.385. The van der Waals surface area contributed by atoms with Crippen LogP contribution < -0.4 is 5.32 Å². The zero-order chi connectivity index (χ0) is 20.2. The average Bonchev–Trinajstić information content (AvgIpc) is 2.77. The number of anilines is 1. The van der Waals surface area contributed by atoms with Crippen LogP contribution in [0.3, 0.4) is 0 Å². The van der Waals surface area contributed by atoms with Gasteiger partial charge in [-0.25, -0.2) is 4.79 Å². The number of rotatable bonds is 5. The largest absolute Gasteiger partial charge is 0.465 e. The number of nitrogens with zero attached hydrogens (tertiary/aromatic N) is 2. The first-order valence-corrected chi connectivity index (χ1v) is 9.66. The highest BCUT2D eigenvalue weighted by Gasteiger charge is 2.17. The van der Waals surface area contributed by atoms with Gasteiger partial charge in [-0.1, -0.05) is 42.5 Å². The molecule has 29 heavy (non-hydrogen) atoms. The second-order valence-electron chi connectivity index (χ2n) is 7.03. The summed E-state index contributed by atoms with van der Waals surface area (Å²) in [6, 6.07) is 16.7. The number of carbonyl (C=O) groups is 1. The van der Waals surface area contributed by atoms with Crippen LogP contribution in [0.2, 0.25) is 0 Å². The first kappa shape index (κ1) is 18.9. The molecule has 0 aliphatic carbocycles. The molecule has 0 amide bonds. The minimum absolute atomic E-state index is 0.385. The Bertz CT molecular complexity index is 1090. The third kappa shape index (κ3) is 3.90. The van der Waals surface area contributed by atoms with Gasteiger partial charge in [0.2, 0.25) is 0 Å². The molecule has 1 aliphatic heterocycles. The summed E-state index contributed by atoms with van der Waals surface area (Å²) >= 11 is 0. The molecular formula is C24H23N3O2. The number of fused-ring (bicyclic) bond motifs is 1. The SMILES string of the molecule is COC(=O)c1ccncc1NCC1=NCCc2cc(-c3ccccc3C)ccc21. The number of aliphatic imine (C=N–C) groups is 1. The lowest BCUT2D eigenvalue weighted by Gasteiger charge is -2.20. The van der Waals surface area contributed by atoms with E-state index in [-0.39, 0.29) is 5.97 Å². The Labute approximate surface area is 170 Å². The molecule has 0 fully saturated rings. The summed E-state index contributed by atoms with van der Waals surface area (Å²) in [4.78, 5) is 20.8. The van der Waals surface area contributed by atoms with Crippen molar-refractivity contribution in [2.75, 3.05) is 25.5 Å². The molecule has 5 heteroatoms. The Hall–Kier alpha value is -3.47. The number of benzene rings is 2. The normalized spacial score (nSPS) is 12.7. The molecule has 1 N–H and O–H groups in total. The van der Waals surface area contributed by atoms with Gasteiger partial charge < -0.3 is 10.1 Å². The van der Waals surface area contributed by atoms with E-state index in [1.807, 2.05) is 0 Å². The van der Waals surface area contributed by atoms with Crippen LogP contribution in [0.15, 0.2) is 65.9 Å². The van der Waals surface area contributed by atoms with E-state index >= 15 is 0 Å². The summed E-state index contributed by atoms with van der Waals surface area (Å²) in [7, 11) is 1.38. The summed E-state index contributed by atoms with van der Waals surface area (Å²) in [5, 5.41) is 3.30. The molecule has 1 aromatic heterocycles. The molecule has 4 rings (SSSR count). The molecule has 0 spiro atoms. The lowest BCUT2D eigenvalue weighted by atomic mass is 9.92. The average molecular weight is 385 g/mol. The van der Waals surface area contributed by atoms with E-state index in [2.05, 4.69) is 59.7 Å². The highest BCUT2D eigenvalue weighted by atomic mass is 16.5. The predicted octanol–water partition coefficient (Wildman–Crippen LogP) is 4.30. The van der Waals surface area contributed by atoms with E-state index in [1.54, 1.807) is 18.5 Å². The molecule has 0 atom stereocenters. The summed E-state index contributed by atoms with van der Waals surface area (Å²) in [5.74, 6) is -0.385. The lowest BCUT2D eigenvalue weighted by molar-refractivity contribution is 0.0601. The van der Waals surface area contributed by atoms with Gasteiger partial charge in [0.1, 0.15) is 0 Å². The fourth-order valence-electron chi connectivity index (χ4n) is 3.70. The van der Waals surface area contributed by atoms with Crippen molar-refractivity contribution in [1.29, 1.82) is 0 Å². The lowest BCUT2D eigenvalue weighted by Crippen LogP contribution is -2.22. The van der Waals surface area contributed by atoms with Crippen molar-refractivity contribution in [1.82, 2.24) is 4.98 Å². The molecule has 0 saturated carbocycles. The number of nitrogens with one attached hydrogen (secondary N) is 1. The van der Waals surface area contributed by atoms with Crippen molar-refractivity contribution in [3.63, 3.8) is 0 Å². The number of pyridine rings is 1. The third-order valence-corrected chi connectivity index (χ3v) is 5.23. The van der Waals surface area contributed by atoms with Crippen LogP contribution in [0.25, 0.3) is 11.1 Å². The zero-order valence-corrected chi connectivity index (χ0v) is 16.6.